The fourth-order valence-electron chi connectivity index (χ4n) is 3.75. The van der Waals surface area contributed by atoms with Crippen molar-refractivity contribution in [3.63, 3.8) is 0 Å². The molecule has 6 nitrogen and oxygen atoms in total. The van der Waals surface area contributed by atoms with Crippen molar-refractivity contribution in [2.75, 3.05) is 53.5 Å². The molecule has 1 aliphatic rings. The third-order valence-corrected chi connectivity index (χ3v) is 5.42. The topological polar surface area (TPSA) is 58.1 Å². The van der Waals surface area contributed by atoms with Gasteiger partial charge in [0, 0.05) is 19.6 Å². The first-order chi connectivity index (χ1) is 14.8. The van der Waals surface area contributed by atoms with Crippen LogP contribution in [0.2, 0.25) is 0 Å². The largest absolute Gasteiger partial charge is 0.493 e. The van der Waals surface area contributed by atoms with Crippen molar-refractivity contribution in [3.05, 3.63) is 23.8 Å². The van der Waals surface area contributed by atoms with Gasteiger partial charge in [-0.05, 0) is 69.3 Å². The molecule has 0 bridgehead atoms. The molecule has 1 aromatic rings. The average Bonchev–Trinajstić information content (AvgIpc) is 2.73. The van der Waals surface area contributed by atoms with Crippen molar-refractivity contribution in [2.24, 2.45) is 10.9 Å². The van der Waals surface area contributed by atoms with E-state index >= 15 is 0 Å². The Hall–Kier alpha value is -2.16. The van der Waals surface area contributed by atoms with E-state index in [1.165, 1.54) is 4.90 Å². The molecule has 1 aromatic carbocycles. The lowest BCUT2D eigenvalue weighted by Crippen LogP contribution is -2.40. The Morgan fingerprint density at radius 3 is 2.45 bits per heavy atom. The molecule has 31 heavy (non-hydrogen) atoms. The maximum atomic E-state index is 12.5. The smallest absolute Gasteiger partial charge is 0.401 e. The van der Waals surface area contributed by atoms with Crippen LogP contribution in [0, 0.1) is 5.92 Å². The summed E-state index contributed by atoms with van der Waals surface area (Å²) in [6, 6.07) is 5.88. The molecule has 0 aliphatic carbocycles. The summed E-state index contributed by atoms with van der Waals surface area (Å²) in [4.78, 5) is 6.13. The van der Waals surface area contributed by atoms with E-state index in [2.05, 4.69) is 15.6 Å². The number of ether oxygens (including phenoxy) is 2. The second-order valence-electron chi connectivity index (χ2n) is 7.75. The highest BCUT2D eigenvalue weighted by molar-refractivity contribution is 5.79. The van der Waals surface area contributed by atoms with E-state index in [9.17, 15) is 13.2 Å². The first kappa shape index (κ1) is 25.1. The van der Waals surface area contributed by atoms with E-state index in [1.807, 2.05) is 25.1 Å². The minimum absolute atomic E-state index is 0.433. The number of hydrogen-bond donors (Lipinski definition) is 2. The van der Waals surface area contributed by atoms with Gasteiger partial charge in [0.1, 0.15) is 0 Å². The number of guanidine groups is 1. The van der Waals surface area contributed by atoms with Crippen LogP contribution < -0.4 is 20.1 Å². The van der Waals surface area contributed by atoms with Crippen LogP contribution >= 0.6 is 0 Å². The van der Waals surface area contributed by atoms with Gasteiger partial charge in [-0.15, -0.1) is 0 Å². The second-order valence-corrected chi connectivity index (χ2v) is 7.75. The summed E-state index contributed by atoms with van der Waals surface area (Å²) in [5, 5.41) is 6.58. The van der Waals surface area contributed by atoms with E-state index in [4.69, 9.17) is 9.47 Å². The van der Waals surface area contributed by atoms with E-state index in [0.717, 1.165) is 50.3 Å². The zero-order valence-electron chi connectivity index (χ0n) is 18.7. The van der Waals surface area contributed by atoms with Crippen LogP contribution in [0.4, 0.5) is 13.2 Å². The van der Waals surface area contributed by atoms with Crippen LogP contribution in [0.1, 0.15) is 31.7 Å². The number of likely N-dealkylation sites (tertiary alicyclic amines) is 1. The van der Waals surface area contributed by atoms with Crippen LogP contribution in [0.15, 0.2) is 23.2 Å². The fraction of sp³-hybridized carbons (Fsp3) is 0.682. The fourth-order valence-corrected chi connectivity index (χ4v) is 3.75. The summed E-state index contributed by atoms with van der Waals surface area (Å²) in [5.74, 6) is 2.61. The molecule has 0 saturated carbocycles. The summed E-state index contributed by atoms with van der Waals surface area (Å²) in [7, 11) is 3.24. The van der Waals surface area contributed by atoms with Gasteiger partial charge in [0.05, 0.1) is 20.8 Å². The molecular weight excluding hydrogens is 409 g/mol. The highest BCUT2D eigenvalue weighted by atomic mass is 19.4. The van der Waals surface area contributed by atoms with Crippen molar-refractivity contribution < 1.29 is 22.6 Å². The molecular formula is C22H35F3N4O2. The Bertz CT molecular complexity index is 690. The van der Waals surface area contributed by atoms with Crippen LogP contribution in [-0.2, 0) is 6.42 Å². The average molecular weight is 445 g/mol. The SMILES string of the molecule is CCNC(=NCCC1CCN(CC(F)(F)F)CC1)NCCc1ccc(OC)c(OC)c1. The molecule has 0 amide bonds. The van der Waals surface area contributed by atoms with Gasteiger partial charge in [0.15, 0.2) is 17.5 Å². The Morgan fingerprint density at radius 1 is 1.13 bits per heavy atom. The van der Waals surface area contributed by atoms with Gasteiger partial charge in [-0.3, -0.25) is 9.89 Å². The van der Waals surface area contributed by atoms with E-state index in [0.29, 0.717) is 37.1 Å². The zero-order valence-corrected chi connectivity index (χ0v) is 18.7. The molecule has 1 aliphatic heterocycles. The summed E-state index contributed by atoms with van der Waals surface area (Å²) in [6.07, 6.45) is -0.807. The normalized spacial score (nSPS) is 16.3. The molecule has 0 spiro atoms. The van der Waals surface area contributed by atoms with Gasteiger partial charge in [-0.1, -0.05) is 6.07 Å². The highest BCUT2D eigenvalue weighted by Gasteiger charge is 2.32. The predicted octanol–water partition coefficient (Wildman–Crippen LogP) is 3.47. The molecule has 0 radical (unpaired) electrons. The van der Waals surface area contributed by atoms with Gasteiger partial charge in [0.25, 0.3) is 0 Å². The molecule has 2 rings (SSSR count). The van der Waals surface area contributed by atoms with E-state index in [1.54, 1.807) is 14.2 Å². The second kappa shape index (κ2) is 12.6. The quantitative estimate of drug-likeness (QED) is 0.428. The molecule has 0 atom stereocenters. The highest BCUT2D eigenvalue weighted by Crippen LogP contribution is 2.27. The zero-order chi connectivity index (χ0) is 22.7. The number of rotatable bonds is 10. The number of nitrogens with zero attached hydrogens (tertiary/aromatic N) is 2. The van der Waals surface area contributed by atoms with Crippen LogP contribution in [0.25, 0.3) is 0 Å². The van der Waals surface area contributed by atoms with Crippen molar-refractivity contribution >= 4 is 5.96 Å². The number of piperidine rings is 1. The summed E-state index contributed by atoms with van der Waals surface area (Å²) in [6.45, 7) is 4.38. The van der Waals surface area contributed by atoms with Crippen LogP contribution in [0.5, 0.6) is 11.5 Å². The monoisotopic (exact) mass is 444 g/mol. The molecule has 176 valence electrons. The minimum atomic E-state index is -4.11. The first-order valence-corrected chi connectivity index (χ1v) is 10.9. The molecule has 2 N–H and O–H groups in total. The maximum absolute atomic E-state index is 12.5. The number of halogens is 3. The Balaban J connectivity index is 1.74. The Morgan fingerprint density at radius 2 is 1.84 bits per heavy atom. The molecule has 1 heterocycles. The first-order valence-electron chi connectivity index (χ1n) is 10.9. The van der Waals surface area contributed by atoms with Crippen molar-refractivity contribution in [3.8, 4) is 11.5 Å². The van der Waals surface area contributed by atoms with Crippen molar-refractivity contribution in [1.29, 1.82) is 0 Å². The van der Waals surface area contributed by atoms with Gasteiger partial charge in [-0.2, -0.15) is 13.2 Å². The lowest BCUT2D eigenvalue weighted by molar-refractivity contribution is -0.148. The number of nitrogens with one attached hydrogen (secondary N) is 2. The Kier molecular flexibility index (Phi) is 10.2. The predicted molar refractivity (Wildman–Crippen MR) is 117 cm³/mol. The molecule has 0 unspecified atom stereocenters. The molecule has 9 heteroatoms. The van der Waals surface area contributed by atoms with Gasteiger partial charge in [-0.25, -0.2) is 0 Å². The van der Waals surface area contributed by atoms with Crippen molar-refractivity contribution in [2.45, 2.75) is 38.8 Å². The molecule has 1 saturated heterocycles. The number of methoxy groups -OCH3 is 2. The summed E-state index contributed by atoms with van der Waals surface area (Å²) in [5.41, 5.74) is 1.13. The third kappa shape index (κ3) is 9.25. The number of alkyl halides is 3. The molecule has 1 fully saturated rings. The number of aliphatic imine (C=N–C) groups is 1. The number of hydrogen-bond acceptors (Lipinski definition) is 4. The number of benzene rings is 1. The van der Waals surface area contributed by atoms with Crippen molar-refractivity contribution in [1.82, 2.24) is 15.5 Å². The lowest BCUT2D eigenvalue weighted by Gasteiger charge is -2.32. The molecule has 0 aromatic heterocycles. The van der Waals surface area contributed by atoms with Crippen LogP contribution in [-0.4, -0.2) is 70.5 Å². The van der Waals surface area contributed by atoms with Gasteiger partial charge in [0.2, 0.25) is 0 Å². The van der Waals surface area contributed by atoms with Gasteiger partial charge < -0.3 is 20.1 Å². The Labute approximate surface area is 183 Å². The standard InChI is InChI=1S/C22H35F3N4O2/c1-4-26-21(28-12-8-18-5-6-19(30-2)20(15-18)31-3)27-11-7-17-9-13-29(14-10-17)16-22(23,24)25/h5-6,15,17H,4,7-14,16H2,1-3H3,(H2,26,27,28). The minimum Gasteiger partial charge on any atom is -0.493 e. The summed E-state index contributed by atoms with van der Waals surface area (Å²) < 4.78 is 48.1. The van der Waals surface area contributed by atoms with E-state index in [-0.39, 0.29) is 0 Å². The lowest BCUT2D eigenvalue weighted by atomic mass is 9.93. The van der Waals surface area contributed by atoms with Crippen LogP contribution in [0.3, 0.4) is 0 Å². The van der Waals surface area contributed by atoms with Gasteiger partial charge >= 0.3 is 6.18 Å². The van der Waals surface area contributed by atoms with E-state index < -0.39 is 12.7 Å². The third-order valence-electron chi connectivity index (χ3n) is 5.42. The maximum Gasteiger partial charge on any atom is 0.401 e. The summed E-state index contributed by atoms with van der Waals surface area (Å²) >= 11 is 0.